The highest BCUT2D eigenvalue weighted by atomic mass is 16.6. The predicted octanol–water partition coefficient (Wildman–Crippen LogP) is 1.95. The molecular formula is C13H16N2O4. The van der Waals surface area contributed by atoms with Crippen LogP contribution in [0.1, 0.15) is 31.4 Å². The molecule has 2 unspecified atom stereocenters. The molecule has 1 aliphatic rings. The van der Waals surface area contributed by atoms with Gasteiger partial charge in [0, 0.05) is 31.7 Å². The van der Waals surface area contributed by atoms with Crippen LogP contribution in [0.15, 0.2) is 24.3 Å². The van der Waals surface area contributed by atoms with E-state index in [0.717, 1.165) is 12.0 Å². The second-order valence-electron chi connectivity index (χ2n) is 4.63. The molecule has 19 heavy (non-hydrogen) atoms. The number of nitro groups is 1. The number of ether oxygens (including phenoxy) is 1. The van der Waals surface area contributed by atoms with Crippen LogP contribution >= 0.6 is 0 Å². The molecule has 1 fully saturated rings. The molecular weight excluding hydrogens is 248 g/mol. The van der Waals surface area contributed by atoms with Crippen molar-refractivity contribution in [1.29, 1.82) is 0 Å². The van der Waals surface area contributed by atoms with Crippen molar-refractivity contribution in [1.82, 2.24) is 5.32 Å². The van der Waals surface area contributed by atoms with Crippen LogP contribution in [0.2, 0.25) is 0 Å². The van der Waals surface area contributed by atoms with Gasteiger partial charge in [-0.2, -0.15) is 0 Å². The second kappa shape index (κ2) is 5.79. The zero-order chi connectivity index (χ0) is 13.8. The lowest BCUT2D eigenvalue weighted by Crippen LogP contribution is -2.38. The Morgan fingerprint density at radius 2 is 2.32 bits per heavy atom. The van der Waals surface area contributed by atoms with E-state index in [2.05, 4.69) is 5.32 Å². The number of nitro benzene ring substituents is 1. The molecule has 1 aromatic rings. The average Bonchev–Trinajstić information content (AvgIpc) is 2.38. The van der Waals surface area contributed by atoms with Gasteiger partial charge in [-0.05, 0) is 18.4 Å². The number of nitrogens with one attached hydrogen (secondary N) is 1. The van der Waals surface area contributed by atoms with Crippen molar-refractivity contribution < 1.29 is 14.5 Å². The Hall–Kier alpha value is -1.95. The summed E-state index contributed by atoms with van der Waals surface area (Å²) in [5.41, 5.74) is 0.840. The first-order chi connectivity index (χ1) is 9.06. The highest BCUT2D eigenvalue weighted by molar-refractivity contribution is 5.73. The minimum absolute atomic E-state index is 0.0581. The fraction of sp³-hybridized carbons (Fsp3) is 0.462. The quantitative estimate of drug-likeness (QED) is 0.668. The van der Waals surface area contributed by atoms with E-state index in [1.54, 1.807) is 6.07 Å². The summed E-state index contributed by atoms with van der Waals surface area (Å²) in [5.74, 6) is -0.0651. The van der Waals surface area contributed by atoms with E-state index in [1.807, 2.05) is 6.07 Å². The largest absolute Gasteiger partial charge is 0.373 e. The second-order valence-corrected chi connectivity index (χ2v) is 4.63. The van der Waals surface area contributed by atoms with Crippen LogP contribution in [-0.4, -0.2) is 23.5 Å². The summed E-state index contributed by atoms with van der Waals surface area (Å²) >= 11 is 0. The smallest absolute Gasteiger partial charge is 0.269 e. The van der Waals surface area contributed by atoms with Crippen molar-refractivity contribution in [3.63, 3.8) is 0 Å². The highest BCUT2D eigenvalue weighted by Crippen LogP contribution is 2.30. The third-order valence-corrected chi connectivity index (χ3v) is 3.14. The molecule has 0 radical (unpaired) electrons. The number of hydrogen-bond donors (Lipinski definition) is 1. The minimum Gasteiger partial charge on any atom is -0.373 e. The maximum absolute atomic E-state index is 11.1. The average molecular weight is 264 g/mol. The summed E-state index contributed by atoms with van der Waals surface area (Å²) in [6.07, 6.45) is 1.21. The van der Waals surface area contributed by atoms with Crippen LogP contribution in [0.5, 0.6) is 0 Å². The van der Waals surface area contributed by atoms with Crippen LogP contribution in [0, 0.1) is 10.1 Å². The molecule has 0 saturated carbocycles. The molecule has 2 atom stereocenters. The number of amides is 1. The van der Waals surface area contributed by atoms with E-state index in [0.29, 0.717) is 13.0 Å². The topological polar surface area (TPSA) is 81.5 Å². The SMILES string of the molecule is CC(=O)NC1CCOC(c2cccc([N+](=O)[O-])c2)C1. The number of benzene rings is 1. The fourth-order valence-electron chi connectivity index (χ4n) is 2.29. The number of hydrogen-bond acceptors (Lipinski definition) is 4. The number of rotatable bonds is 3. The molecule has 1 aromatic carbocycles. The van der Waals surface area contributed by atoms with Crippen LogP contribution in [-0.2, 0) is 9.53 Å². The Labute approximate surface area is 110 Å². The minimum atomic E-state index is -0.419. The maximum atomic E-state index is 11.1. The lowest BCUT2D eigenvalue weighted by atomic mass is 9.97. The number of carbonyl (C=O) groups is 1. The van der Waals surface area contributed by atoms with Gasteiger partial charge in [0.25, 0.3) is 5.69 Å². The van der Waals surface area contributed by atoms with Gasteiger partial charge in [-0.1, -0.05) is 12.1 Å². The molecule has 1 heterocycles. The Morgan fingerprint density at radius 1 is 1.53 bits per heavy atom. The predicted molar refractivity (Wildman–Crippen MR) is 68.6 cm³/mol. The van der Waals surface area contributed by atoms with Gasteiger partial charge < -0.3 is 10.1 Å². The Bertz CT molecular complexity index is 489. The first-order valence-corrected chi connectivity index (χ1v) is 6.19. The lowest BCUT2D eigenvalue weighted by molar-refractivity contribution is -0.385. The molecule has 1 saturated heterocycles. The summed E-state index contributed by atoms with van der Waals surface area (Å²) in [6, 6.07) is 6.51. The fourth-order valence-corrected chi connectivity index (χ4v) is 2.29. The molecule has 0 bridgehead atoms. The standard InChI is InChI=1S/C13H16N2O4/c1-9(16)14-11-5-6-19-13(8-11)10-3-2-4-12(7-10)15(17)18/h2-4,7,11,13H,5-6,8H2,1H3,(H,14,16). The summed E-state index contributed by atoms with van der Waals surface area (Å²) in [6.45, 7) is 2.02. The first-order valence-electron chi connectivity index (χ1n) is 6.19. The van der Waals surface area contributed by atoms with Crippen molar-refractivity contribution in [2.24, 2.45) is 0 Å². The zero-order valence-corrected chi connectivity index (χ0v) is 10.7. The van der Waals surface area contributed by atoms with Crippen molar-refractivity contribution in [2.45, 2.75) is 31.9 Å². The van der Waals surface area contributed by atoms with E-state index < -0.39 is 4.92 Å². The number of carbonyl (C=O) groups excluding carboxylic acids is 1. The van der Waals surface area contributed by atoms with Gasteiger partial charge in [-0.15, -0.1) is 0 Å². The molecule has 0 spiro atoms. The summed E-state index contributed by atoms with van der Waals surface area (Å²) in [7, 11) is 0. The van der Waals surface area contributed by atoms with Gasteiger partial charge in [-0.25, -0.2) is 0 Å². The zero-order valence-electron chi connectivity index (χ0n) is 10.7. The van der Waals surface area contributed by atoms with E-state index in [4.69, 9.17) is 4.74 Å². The highest BCUT2D eigenvalue weighted by Gasteiger charge is 2.25. The third kappa shape index (κ3) is 3.51. The van der Waals surface area contributed by atoms with Crippen molar-refractivity contribution >= 4 is 11.6 Å². The van der Waals surface area contributed by atoms with Crippen LogP contribution in [0.4, 0.5) is 5.69 Å². The van der Waals surface area contributed by atoms with E-state index in [9.17, 15) is 14.9 Å². The van der Waals surface area contributed by atoms with Crippen molar-refractivity contribution in [2.75, 3.05) is 6.61 Å². The van der Waals surface area contributed by atoms with Crippen LogP contribution in [0.3, 0.4) is 0 Å². The van der Waals surface area contributed by atoms with E-state index >= 15 is 0 Å². The van der Waals surface area contributed by atoms with Crippen LogP contribution in [0.25, 0.3) is 0 Å². The molecule has 0 aliphatic carbocycles. The van der Waals surface area contributed by atoms with Crippen molar-refractivity contribution in [3.8, 4) is 0 Å². The molecule has 1 aliphatic heterocycles. The van der Waals surface area contributed by atoms with Crippen molar-refractivity contribution in [3.05, 3.63) is 39.9 Å². The summed E-state index contributed by atoms with van der Waals surface area (Å²) < 4.78 is 5.64. The molecule has 6 nitrogen and oxygen atoms in total. The Balaban J connectivity index is 2.10. The summed E-state index contributed by atoms with van der Waals surface area (Å²) in [5, 5.41) is 13.6. The molecule has 102 valence electrons. The van der Waals surface area contributed by atoms with Gasteiger partial charge in [0.05, 0.1) is 11.0 Å². The molecule has 1 N–H and O–H groups in total. The number of non-ortho nitro benzene ring substituents is 1. The maximum Gasteiger partial charge on any atom is 0.269 e. The van der Waals surface area contributed by atoms with Gasteiger partial charge in [-0.3, -0.25) is 14.9 Å². The Kier molecular flexibility index (Phi) is 4.11. The van der Waals surface area contributed by atoms with Gasteiger partial charge >= 0.3 is 0 Å². The lowest BCUT2D eigenvalue weighted by Gasteiger charge is -2.30. The third-order valence-electron chi connectivity index (χ3n) is 3.14. The molecule has 0 aromatic heterocycles. The monoisotopic (exact) mass is 264 g/mol. The molecule has 6 heteroatoms. The van der Waals surface area contributed by atoms with Gasteiger partial charge in [0.15, 0.2) is 0 Å². The Morgan fingerprint density at radius 3 is 3.00 bits per heavy atom. The number of nitrogens with zero attached hydrogens (tertiary/aromatic N) is 1. The normalized spacial score (nSPS) is 22.8. The van der Waals surface area contributed by atoms with Gasteiger partial charge in [0.1, 0.15) is 0 Å². The van der Waals surface area contributed by atoms with E-state index in [-0.39, 0.29) is 23.7 Å². The molecule has 1 amide bonds. The van der Waals surface area contributed by atoms with Gasteiger partial charge in [0.2, 0.25) is 5.91 Å². The molecule has 2 rings (SSSR count). The van der Waals surface area contributed by atoms with Crippen LogP contribution < -0.4 is 5.32 Å². The summed E-state index contributed by atoms with van der Waals surface area (Å²) in [4.78, 5) is 21.4. The van der Waals surface area contributed by atoms with E-state index in [1.165, 1.54) is 19.1 Å². The first kappa shape index (κ1) is 13.5.